The Morgan fingerprint density at radius 3 is 2.44 bits per heavy atom. The molecule has 1 rings (SSSR count). The number of aliphatic hydroxyl groups excluding tert-OH is 1. The van der Waals surface area contributed by atoms with E-state index in [-0.39, 0.29) is 12.0 Å². The number of nitrogens with one attached hydrogen (secondary N) is 1. The highest BCUT2D eigenvalue weighted by Crippen LogP contribution is 2.25. The van der Waals surface area contributed by atoms with E-state index in [1.54, 1.807) is 0 Å². The van der Waals surface area contributed by atoms with Gasteiger partial charge in [0.1, 0.15) is 0 Å². The summed E-state index contributed by atoms with van der Waals surface area (Å²) in [5.41, 5.74) is 2.29. The van der Waals surface area contributed by atoms with Crippen molar-refractivity contribution in [3.8, 4) is 0 Å². The summed E-state index contributed by atoms with van der Waals surface area (Å²) in [6.07, 6.45) is 1.96. The minimum Gasteiger partial charge on any atom is -0.396 e. The van der Waals surface area contributed by atoms with Gasteiger partial charge in [-0.05, 0) is 37.0 Å². The smallest absolute Gasteiger partial charge is 0.0499 e. The Kier molecular flexibility index (Phi) is 6.13. The van der Waals surface area contributed by atoms with E-state index in [1.165, 1.54) is 5.56 Å². The molecule has 0 aliphatic carbocycles. The van der Waals surface area contributed by atoms with E-state index in [4.69, 9.17) is 11.6 Å². The van der Waals surface area contributed by atoms with E-state index < -0.39 is 0 Å². The van der Waals surface area contributed by atoms with Crippen LogP contribution in [0.25, 0.3) is 0 Å². The lowest BCUT2D eigenvalue weighted by molar-refractivity contribution is 0.113. The van der Waals surface area contributed by atoms with Gasteiger partial charge < -0.3 is 10.4 Å². The lowest BCUT2D eigenvalue weighted by atomic mass is 9.83. The van der Waals surface area contributed by atoms with Crippen molar-refractivity contribution in [2.45, 2.75) is 40.2 Å². The van der Waals surface area contributed by atoms with Crippen molar-refractivity contribution in [2.75, 3.05) is 13.2 Å². The minimum atomic E-state index is -0.00280. The third-order valence-corrected chi connectivity index (χ3v) is 4.21. The van der Waals surface area contributed by atoms with E-state index in [2.05, 4.69) is 31.3 Å². The van der Waals surface area contributed by atoms with Gasteiger partial charge in [-0.3, -0.25) is 0 Å². The standard InChI is InChI=1S/C15H24ClNO/c1-4-15(5-2,11-18)10-17-9-13-7-6-12(3)8-14(13)16/h6-8,17-18H,4-5,9-11H2,1-3H3. The number of hydrogen-bond acceptors (Lipinski definition) is 2. The van der Waals surface area contributed by atoms with Gasteiger partial charge in [0.15, 0.2) is 0 Å². The van der Waals surface area contributed by atoms with Crippen LogP contribution in [0, 0.1) is 12.3 Å². The molecule has 2 N–H and O–H groups in total. The van der Waals surface area contributed by atoms with Crippen LogP contribution in [0.3, 0.4) is 0 Å². The first kappa shape index (κ1) is 15.5. The maximum atomic E-state index is 9.50. The summed E-state index contributed by atoms with van der Waals surface area (Å²) in [5, 5.41) is 13.7. The van der Waals surface area contributed by atoms with E-state index in [0.29, 0.717) is 0 Å². The van der Waals surface area contributed by atoms with Crippen LogP contribution in [0.5, 0.6) is 0 Å². The van der Waals surface area contributed by atoms with Crippen LogP contribution in [0.4, 0.5) is 0 Å². The highest BCUT2D eigenvalue weighted by Gasteiger charge is 2.24. The lowest BCUT2D eigenvalue weighted by Gasteiger charge is -2.29. The number of aryl methyl sites for hydroxylation is 1. The van der Waals surface area contributed by atoms with E-state index in [1.807, 2.05) is 13.0 Å². The molecule has 0 saturated carbocycles. The van der Waals surface area contributed by atoms with E-state index >= 15 is 0 Å². The Bertz CT molecular complexity index is 366. The molecule has 0 fully saturated rings. The van der Waals surface area contributed by atoms with Gasteiger partial charge >= 0.3 is 0 Å². The first-order valence-electron chi connectivity index (χ1n) is 6.63. The second kappa shape index (κ2) is 7.13. The lowest BCUT2D eigenvalue weighted by Crippen LogP contribution is -2.36. The van der Waals surface area contributed by atoms with Crippen LogP contribution in [0.1, 0.15) is 37.8 Å². The summed E-state index contributed by atoms with van der Waals surface area (Å²) in [5.74, 6) is 0. The quantitative estimate of drug-likeness (QED) is 0.794. The first-order chi connectivity index (χ1) is 8.56. The summed E-state index contributed by atoms with van der Waals surface area (Å²) in [4.78, 5) is 0. The van der Waals surface area contributed by atoms with Crippen molar-refractivity contribution in [2.24, 2.45) is 5.41 Å². The monoisotopic (exact) mass is 269 g/mol. The molecular formula is C15H24ClNO. The molecule has 0 saturated heterocycles. The average Bonchev–Trinajstić information content (AvgIpc) is 2.38. The molecule has 0 aromatic heterocycles. The molecule has 2 nitrogen and oxygen atoms in total. The molecule has 0 radical (unpaired) electrons. The Balaban J connectivity index is 2.55. The van der Waals surface area contributed by atoms with Crippen LogP contribution in [0.15, 0.2) is 18.2 Å². The molecule has 0 heterocycles. The predicted molar refractivity (Wildman–Crippen MR) is 78.0 cm³/mol. The maximum absolute atomic E-state index is 9.50. The molecule has 102 valence electrons. The molecule has 0 bridgehead atoms. The molecule has 1 aromatic rings. The zero-order valence-electron chi connectivity index (χ0n) is 11.6. The Hall–Kier alpha value is -0.570. The normalized spacial score (nSPS) is 11.8. The molecule has 0 amide bonds. The fourth-order valence-electron chi connectivity index (χ4n) is 2.04. The topological polar surface area (TPSA) is 32.3 Å². The summed E-state index contributed by atoms with van der Waals surface area (Å²) < 4.78 is 0. The summed E-state index contributed by atoms with van der Waals surface area (Å²) >= 11 is 6.19. The minimum absolute atomic E-state index is 0.00280. The van der Waals surface area contributed by atoms with Gasteiger partial charge in [-0.25, -0.2) is 0 Å². The van der Waals surface area contributed by atoms with Crippen molar-refractivity contribution in [1.29, 1.82) is 0 Å². The van der Waals surface area contributed by atoms with Crippen molar-refractivity contribution in [3.05, 3.63) is 34.3 Å². The molecule has 0 aliphatic heterocycles. The zero-order chi connectivity index (χ0) is 13.6. The largest absolute Gasteiger partial charge is 0.396 e. The molecule has 0 spiro atoms. The molecular weight excluding hydrogens is 246 g/mol. The second-order valence-electron chi connectivity index (χ2n) is 5.06. The fourth-order valence-corrected chi connectivity index (χ4v) is 2.34. The summed E-state index contributed by atoms with van der Waals surface area (Å²) in [6, 6.07) is 6.11. The van der Waals surface area contributed by atoms with Crippen molar-refractivity contribution < 1.29 is 5.11 Å². The highest BCUT2D eigenvalue weighted by molar-refractivity contribution is 6.31. The Morgan fingerprint density at radius 1 is 1.28 bits per heavy atom. The van der Waals surface area contributed by atoms with E-state index in [9.17, 15) is 5.11 Å². The average molecular weight is 270 g/mol. The number of aliphatic hydroxyl groups is 1. The second-order valence-corrected chi connectivity index (χ2v) is 5.47. The molecule has 0 unspecified atom stereocenters. The Morgan fingerprint density at radius 2 is 1.94 bits per heavy atom. The van der Waals surface area contributed by atoms with Crippen LogP contribution in [-0.4, -0.2) is 18.3 Å². The van der Waals surface area contributed by atoms with Crippen molar-refractivity contribution in [3.63, 3.8) is 0 Å². The van der Waals surface area contributed by atoms with Gasteiger partial charge in [0.25, 0.3) is 0 Å². The molecule has 0 aliphatic rings. The number of hydrogen-bond donors (Lipinski definition) is 2. The van der Waals surface area contributed by atoms with Crippen LogP contribution < -0.4 is 5.32 Å². The molecule has 3 heteroatoms. The Labute approximate surface area is 115 Å². The maximum Gasteiger partial charge on any atom is 0.0499 e. The predicted octanol–water partition coefficient (Wildman–Crippen LogP) is 3.54. The zero-order valence-corrected chi connectivity index (χ0v) is 12.3. The summed E-state index contributed by atoms with van der Waals surface area (Å²) in [6.45, 7) is 8.09. The van der Waals surface area contributed by atoms with Gasteiger partial charge in [0.05, 0.1) is 0 Å². The van der Waals surface area contributed by atoms with E-state index in [0.717, 1.165) is 36.5 Å². The number of halogens is 1. The highest BCUT2D eigenvalue weighted by atomic mass is 35.5. The third-order valence-electron chi connectivity index (χ3n) is 3.86. The third kappa shape index (κ3) is 3.98. The molecule has 1 aromatic carbocycles. The number of benzene rings is 1. The van der Waals surface area contributed by atoms with Gasteiger partial charge in [-0.15, -0.1) is 0 Å². The van der Waals surface area contributed by atoms with Crippen molar-refractivity contribution in [1.82, 2.24) is 5.32 Å². The first-order valence-corrected chi connectivity index (χ1v) is 7.01. The van der Waals surface area contributed by atoms with Crippen LogP contribution in [-0.2, 0) is 6.54 Å². The van der Waals surface area contributed by atoms with Gasteiger partial charge in [0.2, 0.25) is 0 Å². The molecule has 0 atom stereocenters. The molecule has 18 heavy (non-hydrogen) atoms. The SMILES string of the molecule is CCC(CC)(CO)CNCc1ccc(C)cc1Cl. The van der Waals surface area contributed by atoms with Gasteiger partial charge in [-0.2, -0.15) is 0 Å². The number of rotatable bonds is 7. The fraction of sp³-hybridized carbons (Fsp3) is 0.600. The van der Waals surface area contributed by atoms with Gasteiger partial charge in [0, 0.05) is 30.1 Å². The van der Waals surface area contributed by atoms with Crippen LogP contribution >= 0.6 is 11.6 Å². The van der Waals surface area contributed by atoms with Gasteiger partial charge in [-0.1, -0.05) is 37.6 Å². The summed E-state index contributed by atoms with van der Waals surface area (Å²) in [7, 11) is 0. The van der Waals surface area contributed by atoms with Crippen LogP contribution in [0.2, 0.25) is 5.02 Å². The van der Waals surface area contributed by atoms with Crippen molar-refractivity contribution >= 4 is 11.6 Å².